The highest BCUT2D eigenvalue weighted by Crippen LogP contribution is 2.08. The minimum atomic E-state index is 0. The van der Waals surface area contributed by atoms with Crippen LogP contribution in [0, 0.1) is 6.92 Å². The summed E-state index contributed by atoms with van der Waals surface area (Å²) in [5.74, 6) is 0.802. The fourth-order valence-electron chi connectivity index (χ4n) is 3.29. The number of pyridine rings is 1. The fourth-order valence-corrected chi connectivity index (χ4v) is 3.29. The van der Waals surface area contributed by atoms with Gasteiger partial charge in [-0.15, -0.1) is 24.0 Å². The van der Waals surface area contributed by atoms with Gasteiger partial charge >= 0.3 is 0 Å². The molecule has 0 fully saturated rings. The summed E-state index contributed by atoms with van der Waals surface area (Å²) in [5, 5.41) is 10.9. The van der Waals surface area contributed by atoms with Gasteiger partial charge in [0.05, 0.1) is 5.69 Å². The van der Waals surface area contributed by atoms with E-state index in [0.717, 1.165) is 56.2 Å². The van der Waals surface area contributed by atoms with Crippen molar-refractivity contribution in [2.75, 3.05) is 20.1 Å². The molecule has 31 heavy (non-hydrogen) atoms. The number of halogens is 1. The van der Waals surface area contributed by atoms with Gasteiger partial charge in [-0.25, -0.2) is 4.68 Å². The first-order valence-corrected chi connectivity index (χ1v) is 10.4. The van der Waals surface area contributed by atoms with Gasteiger partial charge in [-0.05, 0) is 56.0 Å². The molecule has 0 aliphatic rings. The van der Waals surface area contributed by atoms with Crippen molar-refractivity contribution in [3.05, 3.63) is 82.5 Å². The van der Waals surface area contributed by atoms with Gasteiger partial charge in [0, 0.05) is 50.8 Å². The number of aliphatic imine (C=N–C) groups is 1. The van der Waals surface area contributed by atoms with Crippen LogP contribution in [-0.4, -0.2) is 40.4 Å². The highest BCUT2D eigenvalue weighted by atomic mass is 127. The largest absolute Gasteiger partial charge is 0.356 e. The van der Waals surface area contributed by atoms with Gasteiger partial charge in [0.2, 0.25) is 0 Å². The maximum Gasteiger partial charge on any atom is 0.250 e. The predicted octanol–water partition coefficient (Wildman–Crippen LogP) is 3.15. The van der Waals surface area contributed by atoms with Crippen LogP contribution in [0.3, 0.4) is 0 Å². The number of aromatic nitrogens is 3. The van der Waals surface area contributed by atoms with Crippen LogP contribution in [0.1, 0.15) is 24.1 Å². The number of unbranched alkanes of at least 4 members (excludes halogenated alkanes) is 1. The average Bonchev–Trinajstić information content (AvgIpc) is 3.29. The molecule has 8 heteroatoms. The lowest BCUT2D eigenvalue weighted by Gasteiger charge is -2.13. The van der Waals surface area contributed by atoms with Gasteiger partial charge in [0.25, 0.3) is 5.56 Å². The molecule has 0 unspecified atom stereocenters. The Balaban J connectivity index is 0.00000341. The Hall–Kier alpha value is -2.62. The van der Waals surface area contributed by atoms with Crippen molar-refractivity contribution in [2.24, 2.45) is 4.99 Å². The maximum absolute atomic E-state index is 11.9. The van der Waals surface area contributed by atoms with E-state index in [9.17, 15) is 4.79 Å². The Morgan fingerprint density at radius 2 is 1.81 bits per heavy atom. The molecule has 0 amide bonds. The molecule has 2 aromatic heterocycles. The first kappa shape index (κ1) is 24.6. The van der Waals surface area contributed by atoms with Crippen LogP contribution in [0.25, 0.3) is 5.69 Å². The number of nitrogens with one attached hydrogen (secondary N) is 2. The van der Waals surface area contributed by atoms with E-state index in [1.807, 2.05) is 34.5 Å². The Bertz CT molecular complexity index is 996. The van der Waals surface area contributed by atoms with Crippen molar-refractivity contribution in [3.8, 4) is 5.69 Å². The molecule has 166 valence electrons. The van der Waals surface area contributed by atoms with Crippen molar-refractivity contribution in [3.63, 3.8) is 0 Å². The summed E-state index contributed by atoms with van der Waals surface area (Å²) in [6.07, 6.45) is 6.54. The van der Waals surface area contributed by atoms with Crippen LogP contribution < -0.4 is 16.2 Å². The van der Waals surface area contributed by atoms with E-state index in [1.165, 1.54) is 5.56 Å². The Morgan fingerprint density at radius 1 is 1.03 bits per heavy atom. The topological polar surface area (TPSA) is 76.2 Å². The molecule has 0 radical (unpaired) electrons. The molecule has 0 atom stereocenters. The SMILES string of the molecule is CN=C(NCCCCn1c(C)cccc1=O)NCCc1ccc(-n2cccn2)cc1.I. The van der Waals surface area contributed by atoms with Crippen molar-refractivity contribution in [1.82, 2.24) is 25.0 Å². The minimum absolute atomic E-state index is 0. The van der Waals surface area contributed by atoms with Crippen LogP contribution in [0.4, 0.5) is 0 Å². The number of rotatable bonds is 9. The third-order valence-electron chi connectivity index (χ3n) is 5.00. The number of benzene rings is 1. The summed E-state index contributed by atoms with van der Waals surface area (Å²) < 4.78 is 3.67. The van der Waals surface area contributed by atoms with Crippen molar-refractivity contribution < 1.29 is 0 Å². The van der Waals surface area contributed by atoms with E-state index in [1.54, 1.807) is 25.4 Å². The van der Waals surface area contributed by atoms with E-state index in [0.29, 0.717) is 0 Å². The van der Waals surface area contributed by atoms with Crippen LogP contribution in [0.5, 0.6) is 0 Å². The molecule has 0 aliphatic heterocycles. The van der Waals surface area contributed by atoms with E-state index in [4.69, 9.17) is 0 Å². The first-order chi connectivity index (χ1) is 14.7. The van der Waals surface area contributed by atoms with Crippen LogP contribution in [0.15, 0.2) is 70.7 Å². The molecule has 1 aromatic carbocycles. The van der Waals surface area contributed by atoms with Gasteiger partial charge in [0.15, 0.2) is 5.96 Å². The van der Waals surface area contributed by atoms with E-state index in [2.05, 4.69) is 45.0 Å². The number of guanidine groups is 1. The molecule has 7 nitrogen and oxygen atoms in total. The van der Waals surface area contributed by atoms with Gasteiger partial charge in [-0.3, -0.25) is 9.79 Å². The smallest absolute Gasteiger partial charge is 0.250 e. The van der Waals surface area contributed by atoms with Gasteiger partial charge < -0.3 is 15.2 Å². The predicted molar refractivity (Wildman–Crippen MR) is 137 cm³/mol. The highest BCUT2D eigenvalue weighted by Gasteiger charge is 2.01. The summed E-state index contributed by atoms with van der Waals surface area (Å²) in [7, 11) is 1.78. The monoisotopic (exact) mass is 534 g/mol. The second-order valence-electron chi connectivity index (χ2n) is 7.16. The second-order valence-corrected chi connectivity index (χ2v) is 7.16. The third kappa shape index (κ3) is 7.54. The van der Waals surface area contributed by atoms with Gasteiger partial charge in [-0.2, -0.15) is 5.10 Å². The summed E-state index contributed by atoms with van der Waals surface area (Å²) in [5.41, 5.74) is 3.39. The van der Waals surface area contributed by atoms with E-state index >= 15 is 0 Å². The molecule has 0 aliphatic carbocycles. The zero-order valence-corrected chi connectivity index (χ0v) is 20.5. The zero-order chi connectivity index (χ0) is 21.2. The van der Waals surface area contributed by atoms with Crippen molar-refractivity contribution in [1.29, 1.82) is 0 Å². The van der Waals surface area contributed by atoms with E-state index in [-0.39, 0.29) is 29.5 Å². The number of hydrogen-bond donors (Lipinski definition) is 2. The molecule has 2 heterocycles. The molecule has 0 saturated heterocycles. The Kier molecular flexibility index (Phi) is 10.3. The van der Waals surface area contributed by atoms with Crippen LogP contribution in [-0.2, 0) is 13.0 Å². The quantitative estimate of drug-likeness (QED) is 0.192. The molecule has 0 bridgehead atoms. The van der Waals surface area contributed by atoms with Gasteiger partial charge in [0.1, 0.15) is 0 Å². The Morgan fingerprint density at radius 3 is 2.48 bits per heavy atom. The maximum atomic E-state index is 11.9. The molecule has 3 rings (SSSR count). The molecule has 2 N–H and O–H groups in total. The summed E-state index contributed by atoms with van der Waals surface area (Å²) in [6.45, 7) is 4.34. The van der Waals surface area contributed by atoms with Crippen molar-refractivity contribution >= 4 is 29.9 Å². The normalized spacial score (nSPS) is 11.1. The summed E-state index contributed by atoms with van der Waals surface area (Å²) >= 11 is 0. The lowest BCUT2D eigenvalue weighted by atomic mass is 10.1. The lowest BCUT2D eigenvalue weighted by Crippen LogP contribution is -2.38. The van der Waals surface area contributed by atoms with Gasteiger partial charge in [-0.1, -0.05) is 18.2 Å². The third-order valence-corrected chi connectivity index (χ3v) is 5.00. The molecule has 0 spiro atoms. The molecule has 3 aromatic rings. The summed E-state index contributed by atoms with van der Waals surface area (Å²) in [4.78, 5) is 16.2. The lowest BCUT2D eigenvalue weighted by molar-refractivity contribution is 0.575. The molecular formula is C23H31IN6O. The summed E-state index contributed by atoms with van der Waals surface area (Å²) in [6, 6.07) is 15.7. The minimum Gasteiger partial charge on any atom is -0.356 e. The number of hydrogen-bond acceptors (Lipinski definition) is 3. The fraction of sp³-hybridized carbons (Fsp3) is 0.348. The van der Waals surface area contributed by atoms with E-state index < -0.39 is 0 Å². The second kappa shape index (κ2) is 12.9. The average molecular weight is 534 g/mol. The standard InChI is InChI=1S/C23H30N6O.HI/c1-19-7-5-8-22(30)28(19)17-4-3-14-25-23(24-2)26-16-13-20-9-11-21(12-10-20)29-18-6-15-27-29;/h5-12,15,18H,3-4,13-14,16-17H2,1-2H3,(H2,24,25,26);1H. The van der Waals surface area contributed by atoms with Crippen molar-refractivity contribution in [2.45, 2.75) is 32.7 Å². The molecule has 0 saturated carbocycles. The highest BCUT2D eigenvalue weighted by molar-refractivity contribution is 14.0. The zero-order valence-electron chi connectivity index (χ0n) is 18.1. The van der Waals surface area contributed by atoms with Crippen LogP contribution in [0.2, 0.25) is 0 Å². The number of nitrogens with zero attached hydrogens (tertiary/aromatic N) is 4. The first-order valence-electron chi connectivity index (χ1n) is 10.4. The van der Waals surface area contributed by atoms with Crippen LogP contribution >= 0.6 is 24.0 Å². The number of aryl methyl sites for hydroxylation is 1. The Labute approximate surface area is 200 Å². The molecular weight excluding hydrogens is 503 g/mol.